The molecule has 6 N–H and O–H groups in total. The maximum absolute atomic E-state index is 15.0. The Kier molecular flexibility index (Phi) is 20.0. The number of aliphatic hydroxyl groups excluding tert-OH is 2. The highest BCUT2D eigenvalue weighted by atomic mass is 32.2. The molecule has 3 unspecified atom stereocenters. The minimum Gasteiger partial charge on any atom is -0.491 e. The Hall–Kier alpha value is -5.76. The van der Waals surface area contributed by atoms with Crippen LogP contribution < -0.4 is 30.7 Å². The second kappa shape index (κ2) is 26.3. The molecule has 6 aromatic rings. The Bertz CT molecular complexity index is 2930. The van der Waals surface area contributed by atoms with Gasteiger partial charge in [0, 0.05) is 72.6 Å². The van der Waals surface area contributed by atoms with Gasteiger partial charge in [0.15, 0.2) is 11.6 Å². The number of ether oxygens (including phenoxy) is 4. The molecule has 406 valence electrons. The number of nitrogens with zero attached hydrogens (tertiary/aromatic N) is 7. The van der Waals surface area contributed by atoms with E-state index in [9.17, 15) is 18.6 Å². The monoisotopic (exact) mass is 1080 g/mol. The van der Waals surface area contributed by atoms with E-state index >= 15 is 4.39 Å². The average Bonchev–Trinajstić information content (AvgIpc) is 3.93. The summed E-state index contributed by atoms with van der Waals surface area (Å²) in [6.07, 6.45) is 0.382. The predicted molar refractivity (Wildman–Crippen MR) is 288 cm³/mol. The molecule has 0 saturated carbocycles. The molecular weight excluding hydrogens is 1010 g/mol. The largest absolute Gasteiger partial charge is 0.491 e. The Labute approximate surface area is 442 Å². The van der Waals surface area contributed by atoms with Gasteiger partial charge >= 0.3 is 0 Å². The first-order chi connectivity index (χ1) is 36.0. The molecule has 2 aliphatic rings. The van der Waals surface area contributed by atoms with Gasteiger partial charge in [-0.3, -0.25) is 0 Å². The summed E-state index contributed by atoms with van der Waals surface area (Å²) >= 11 is 1.43. The number of hydrogen-bond acceptors (Lipinski definition) is 20. The van der Waals surface area contributed by atoms with Gasteiger partial charge in [-0.05, 0) is 117 Å². The molecule has 75 heavy (non-hydrogen) atoms. The number of morpholine rings is 1. The van der Waals surface area contributed by atoms with E-state index in [0.717, 1.165) is 56.9 Å². The van der Waals surface area contributed by atoms with Gasteiger partial charge in [-0.2, -0.15) is 8.68 Å². The number of anilines is 2. The maximum Gasteiger partial charge on any atom is 0.214 e. The highest BCUT2D eigenvalue weighted by Crippen LogP contribution is 2.37. The number of aliphatic hydroxyl groups is 2. The van der Waals surface area contributed by atoms with Gasteiger partial charge in [0.05, 0.1) is 58.9 Å². The minimum absolute atomic E-state index is 0.0401. The number of sulfonamides is 1. The SMILES string of the molecule is CCS(=O)(=O)N1CCOCC1CNc1nc(-c2cccc(OCC(O)CNC)c2)nc(-c2c(C)nsc2C)c1C.CNCC(O)COc1ccc(F)c(-c2nc(NC3CCOCC3)c(C)c(-c3c(C)noc3C)n2)c1. The molecule has 23 heteroatoms. The van der Waals surface area contributed by atoms with E-state index in [1.807, 2.05) is 65.8 Å². The molecule has 2 aliphatic heterocycles. The topological polar surface area (TPSA) is 253 Å². The van der Waals surface area contributed by atoms with Crippen LogP contribution in [-0.4, -0.2) is 162 Å². The molecule has 0 amide bonds. The van der Waals surface area contributed by atoms with Gasteiger partial charge in [0.25, 0.3) is 0 Å². The first kappa shape index (κ1) is 57.0. The zero-order chi connectivity index (χ0) is 53.8. The Morgan fingerprint density at radius 3 is 2.11 bits per heavy atom. The lowest BCUT2D eigenvalue weighted by molar-refractivity contribution is 0.0373. The quantitative estimate of drug-likeness (QED) is 0.0481. The van der Waals surface area contributed by atoms with Gasteiger partial charge < -0.3 is 55.0 Å². The zero-order valence-electron chi connectivity index (χ0n) is 44.1. The summed E-state index contributed by atoms with van der Waals surface area (Å²) in [5, 5.41) is 36.8. The summed E-state index contributed by atoms with van der Waals surface area (Å²) in [4.78, 5) is 20.4. The van der Waals surface area contributed by atoms with E-state index < -0.39 is 28.0 Å². The molecule has 4 aromatic heterocycles. The van der Waals surface area contributed by atoms with Crippen molar-refractivity contribution in [2.24, 2.45) is 0 Å². The lowest BCUT2D eigenvalue weighted by Crippen LogP contribution is -2.52. The maximum atomic E-state index is 15.0. The van der Waals surface area contributed by atoms with Crippen molar-refractivity contribution in [2.45, 2.75) is 85.6 Å². The van der Waals surface area contributed by atoms with Crippen LogP contribution in [0.25, 0.3) is 45.3 Å². The standard InChI is InChI=1S/C27H38N6O5S2.C25H32FN5O4/c1-6-40(35,36)33-10-11-37-15-21(33)13-29-26-17(2)25(24-18(3)32-39-19(24)4)30-27(31-26)20-8-7-9-23(12-20)38-16-22(34)14-28-5;1-14-23(22-15(2)31-35-16(22)3)29-25(30-24(14)28-17-7-9-33-10-8-17)20-11-19(5-6-21(20)26)34-13-18(32)12-27-4/h7-9,12,21-22,28,34H,6,10-11,13-16H2,1-5H3,(H,29,30,31);5-6,11,17-18,27,32H,7-10,12-13H2,1-4H3,(H,28,29,30). The third kappa shape index (κ3) is 14.4. The molecule has 0 spiro atoms. The van der Waals surface area contributed by atoms with Crippen molar-refractivity contribution >= 4 is 33.2 Å². The van der Waals surface area contributed by atoms with Crippen LogP contribution >= 0.6 is 11.5 Å². The molecule has 20 nitrogen and oxygen atoms in total. The molecule has 8 rings (SSSR count). The number of likely N-dealkylation sites (N-methyl/N-ethyl adjacent to an activating group) is 2. The second-order valence-electron chi connectivity index (χ2n) is 18.5. The highest BCUT2D eigenvalue weighted by Gasteiger charge is 2.32. The fourth-order valence-corrected chi connectivity index (χ4v) is 10.7. The van der Waals surface area contributed by atoms with E-state index in [0.29, 0.717) is 98.7 Å². The summed E-state index contributed by atoms with van der Waals surface area (Å²) < 4.78 is 74.5. The van der Waals surface area contributed by atoms with Crippen LogP contribution in [0.2, 0.25) is 0 Å². The minimum atomic E-state index is -3.37. The average molecular weight is 1080 g/mol. The second-order valence-corrected chi connectivity index (χ2v) is 21.7. The number of aromatic nitrogens is 6. The molecule has 3 atom stereocenters. The first-order valence-corrected chi connectivity index (χ1v) is 27.5. The van der Waals surface area contributed by atoms with Crippen LogP contribution in [0.1, 0.15) is 52.9 Å². The smallest absolute Gasteiger partial charge is 0.214 e. The zero-order valence-corrected chi connectivity index (χ0v) is 45.8. The van der Waals surface area contributed by atoms with Crippen LogP contribution in [-0.2, 0) is 19.5 Å². The molecule has 0 bridgehead atoms. The van der Waals surface area contributed by atoms with Crippen LogP contribution in [0.3, 0.4) is 0 Å². The summed E-state index contributed by atoms with van der Waals surface area (Å²) in [6, 6.07) is 11.7. The van der Waals surface area contributed by atoms with Gasteiger partial charge in [-0.15, -0.1) is 0 Å². The summed E-state index contributed by atoms with van der Waals surface area (Å²) in [5.41, 5.74) is 7.35. The molecule has 2 saturated heterocycles. The highest BCUT2D eigenvalue weighted by molar-refractivity contribution is 7.89. The number of benzene rings is 2. The van der Waals surface area contributed by atoms with E-state index in [-0.39, 0.29) is 42.4 Å². The molecule has 2 aromatic carbocycles. The lowest BCUT2D eigenvalue weighted by atomic mass is 10.0. The van der Waals surface area contributed by atoms with Crippen LogP contribution in [0.15, 0.2) is 47.0 Å². The van der Waals surface area contributed by atoms with Gasteiger partial charge in [0.2, 0.25) is 10.0 Å². The number of hydrogen-bond donors (Lipinski definition) is 6. The Balaban J connectivity index is 0.000000221. The van der Waals surface area contributed by atoms with Crippen molar-refractivity contribution in [2.75, 3.05) is 96.3 Å². The number of halogens is 1. The van der Waals surface area contributed by atoms with Crippen molar-refractivity contribution in [1.82, 2.24) is 44.4 Å². The summed E-state index contributed by atoms with van der Waals surface area (Å²) in [5.74, 6) is 3.16. The van der Waals surface area contributed by atoms with E-state index in [1.165, 1.54) is 28.0 Å². The van der Waals surface area contributed by atoms with Gasteiger partial charge in [0.1, 0.15) is 60.1 Å². The van der Waals surface area contributed by atoms with Crippen molar-refractivity contribution in [1.29, 1.82) is 0 Å². The van der Waals surface area contributed by atoms with E-state index in [2.05, 4.69) is 30.8 Å². The third-order valence-electron chi connectivity index (χ3n) is 12.8. The number of rotatable bonds is 21. The van der Waals surface area contributed by atoms with Crippen molar-refractivity contribution in [3.05, 3.63) is 81.4 Å². The summed E-state index contributed by atoms with van der Waals surface area (Å²) in [6.45, 7) is 17.0. The molecule has 6 heterocycles. The lowest BCUT2D eigenvalue weighted by Gasteiger charge is -2.34. The first-order valence-electron chi connectivity index (χ1n) is 25.1. The normalized spacial score (nSPS) is 16.2. The van der Waals surface area contributed by atoms with Gasteiger partial charge in [-0.1, -0.05) is 17.3 Å². The van der Waals surface area contributed by atoms with Crippen LogP contribution in [0.4, 0.5) is 16.0 Å². The van der Waals surface area contributed by atoms with Crippen LogP contribution in [0.5, 0.6) is 11.5 Å². The van der Waals surface area contributed by atoms with Crippen LogP contribution in [0, 0.1) is 47.4 Å². The molecular formula is C52H70FN11O9S2. The molecule has 0 radical (unpaired) electrons. The van der Waals surface area contributed by atoms with E-state index in [1.54, 1.807) is 27.1 Å². The number of aryl methyl sites for hydroxylation is 4. The third-order valence-corrected chi connectivity index (χ3v) is 15.6. The number of nitrogens with one attached hydrogen (secondary N) is 4. The van der Waals surface area contributed by atoms with Crippen molar-refractivity contribution in [3.63, 3.8) is 0 Å². The molecule has 0 aliphatic carbocycles. The van der Waals surface area contributed by atoms with Crippen molar-refractivity contribution < 1.29 is 46.5 Å². The Morgan fingerprint density at radius 2 is 1.47 bits per heavy atom. The van der Waals surface area contributed by atoms with Gasteiger partial charge in [-0.25, -0.2) is 32.7 Å². The fourth-order valence-electron chi connectivity index (χ4n) is 8.77. The molecule has 2 fully saturated rings. The van der Waals surface area contributed by atoms with Crippen molar-refractivity contribution in [3.8, 4) is 56.8 Å². The van der Waals surface area contributed by atoms with E-state index in [4.69, 9.17) is 43.4 Å². The summed E-state index contributed by atoms with van der Waals surface area (Å²) in [7, 11) is 0.147. The fraction of sp³-hybridized carbons (Fsp3) is 0.500. The predicted octanol–water partition coefficient (Wildman–Crippen LogP) is 6.03. The Morgan fingerprint density at radius 1 is 0.813 bits per heavy atom.